The molecule has 0 bridgehead atoms. The minimum absolute atomic E-state index is 0.0176. The molecule has 0 aliphatic carbocycles. The van der Waals surface area contributed by atoms with E-state index < -0.39 is 17.8 Å². The molecule has 0 saturated carbocycles. The minimum Gasteiger partial charge on any atom is -0.383 e. The van der Waals surface area contributed by atoms with Gasteiger partial charge >= 0.3 is 6.18 Å². The van der Waals surface area contributed by atoms with Gasteiger partial charge < -0.3 is 24.8 Å². The van der Waals surface area contributed by atoms with Crippen molar-refractivity contribution < 1.29 is 27.5 Å². The van der Waals surface area contributed by atoms with E-state index in [0.29, 0.717) is 74.4 Å². The summed E-state index contributed by atoms with van der Waals surface area (Å²) in [5, 5.41) is 4.20. The molecule has 12 heteroatoms. The topological polar surface area (TPSA) is 65.1 Å². The smallest absolute Gasteiger partial charge is 0.383 e. The van der Waals surface area contributed by atoms with Crippen LogP contribution < -0.4 is 10.2 Å². The van der Waals surface area contributed by atoms with Crippen molar-refractivity contribution >= 4 is 40.7 Å². The number of carbonyl (C=O) groups excluding carboxylic acids is 2. The van der Waals surface area contributed by atoms with Crippen LogP contribution in [0.25, 0.3) is 0 Å². The summed E-state index contributed by atoms with van der Waals surface area (Å²) in [6.45, 7) is 4.62. The average molecular weight is 616 g/mol. The molecule has 2 heterocycles. The minimum atomic E-state index is -4.47. The summed E-state index contributed by atoms with van der Waals surface area (Å²) in [6, 6.07) is 8.17. The van der Waals surface area contributed by atoms with Gasteiger partial charge in [-0.1, -0.05) is 35.3 Å². The lowest BCUT2D eigenvalue weighted by molar-refractivity contribution is -0.143. The Kier molecular flexibility index (Phi) is 10.4. The lowest BCUT2D eigenvalue weighted by Crippen LogP contribution is -2.56. The number of methoxy groups -OCH3 is 1. The predicted octanol–water partition coefficient (Wildman–Crippen LogP) is 5.02. The first kappa shape index (κ1) is 31.4. The van der Waals surface area contributed by atoms with Crippen LogP contribution in [0.5, 0.6) is 0 Å². The maximum atomic E-state index is 13.8. The Labute approximate surface area is 248 Å². The molecular weight excluding hydrogens is 580 g/mol. The van der Waals surface area contributed by atoms with Crippen LogP contribution in [0.15, 0.2) is 36.4 Å². The van der Waals surface area contributed by atoms with Crippen LogP contribution in [0.1, 0.15) is 36.5 Å². The fourth-order valence-electron chi connectivity index (χ4n) is 5.38. The fraction of sp³-hybridized carbons (Fsp3) is 0.517. The first-order valence-electron chi connectivity index (χ1n) is 13.7. The van der Waals surface area contributed by atoms with Gasteiger partial charge in [-0.15, -0.1) is 0 Å². The van der Waals surface area contributed by atoms with E-state index in [1.165, 1.54) is 12.1 Å². The second kappa shape index (κ2) is 13.6. The van der Waals surface area contributed by atoms with Crippen LogP contribution in [0.4, 0.5) is 18.9 Å². The third-order valence-corrected chi connectivity index (χ3v) is 8.19. The third kappa shape index (κ3) is 7.85. The molecule has 2 fully saturated rings. The Morgan fingerprint density at radius 3 is 2.37 bits per heavy atom. The molecule has 0 radical (unpaired) electrons. The third-order valence-electron chi connectivity index (χ3n) is 7.60. The van der Waals surface area contributed by atoms with Gasteiger partial charge in [0.2, 0.25) is 11.8 Å². The van der Waals surface area contributed by atoms with E-state index in [1.807, 2.05) is 11.8 Å². The van der Waals surface area contributed by atoms with Crippen molar-refractivity contribution in [1.29, 1.82) is 0 Å². The van der Waals surface area contributed by atoms with Gasteiger partial charge in [-0.2, -0.15) is 13.2 Å². The molecular formula is C29H35Cl2F3N4O3. The number of piperazine rings is 1. The van der Waals surface area contributed by atoms with Crippen molar-refractivity contribution in [3.05, 3.63) is 63.1 Å². The molecule has 0 aromatic heterocycles. The highest BCUT2D eigenvalue weighted by atomic mass is 35.5. The lowest BCUT2D eigenvalue weighted by Gasteiger charge is -2.40. The van der Waals surface area contributed by atoms with Crippen LogP contribution in [0.3, 0.4) is 0 Å². The van der Waals surface area contributed by atoms with Crippen LogP contribution >= 0.6 is 23.2 Å². The van der Waals surface area contributed by atoms with Gasteiger partial charge in [0.05, 0.1) is 12.2 Å². The Morgan fingerprint density at radius 2 is 1.76 bits per heavy atom. The molecule has 4 rings (SSSR count). The molecule has 2 unspecified atom stereocenters. The zero-order chi connectivity index (χ0) is 29.7. The molecule has 0 spiro atoms. The number of carbonyl (C=O) groups is 2. The molecule has 2 aliphatic rings. The normalized spacial score (nSPS) is 17.7. The number of rotatable bonds is 10. The Hall–Kier alpha value is -2.53. The van der Waals surface area contributed by atoms with Gasteiger partial charge in [0.1, 0.15) is 6.04 Å². The largest absolute Gasteiger partial charge is 0.416 e. The highest BCUT2D eigenvalue weighted by Crippen LogP contribution is 2.34. The number of amides is 2. The van der Waals surface area contributed by atoms with Crippen LogP contribution in [-0.2, 0) is 33.5 Å². The zero-order valence-corrected chi connectivity index (χ0v) is 24.7. The summed E-state index contributed by atoms with van der Waals surface area (Å²) in [5.41, 5.74) is 1.23. The second-order valence-corrected chi connectivity index (χ2v) is 11.4. The van der Waals surface area contributed by atoms with Crippen molar-refractivity contribution in [2.24, 2.45) is 0 Å². The Morgan fingerprint density at radius 1 is 1.05 bits per heavy atom. The highest BCUT2D eigenvalue weighted by molar-refractivity contribution is 6.35. The standard InChI is InChI=1S/C29H35Cl2F3N4O3/c1-19(18-41-2)35-17-21-5-7-22(29(32,33)34)15-25(21)36-10-12-37(13-11-36)28(40)26(38-9-3-4-27(38)39)14-20-6-8-23(30)16-24(20)31/h5-8,15-16,19,26,35H,3-4,9-14,17-18H2,1-2H3. The van der Waals surface area contributed by atoms with Gasteiger partial charge in [-0.05, 0) is 48.7 Å². The van der Waals surface area contributed by atoms with E-state index in [9.17, 15) is 22.8 Å². The first-order chi connectivity index (χ1) is 19.5. The van der Waals surface area contributed by atoms with Crippen LogP contribution in [0, 0.1) is 0 Å². The number of alkyl halides is 3. The number of benzene rings is 2. The number of ether oxygens (including phenoxy) is 1. The summed E-state index contributed by atoms with van der Waals surface area (Å²) in [6.07, 6.45) is -3.15. The van der Waals surface area contributed by atoms with E-state index >= 15 is 0 Å². The van der Waals surface area contributed by atoms with Gasteiger partial charge in [-0.3, -0.25) is 9.59 Å². The SMILES string of the molecule is COCC(C)NCc1ccc(C(F)(F)F)cc1N1CCN(C(=O)C(Cc2ccc(Cl)cc2Cl)N2CCCC2=O)CC1. The number of hydrogen-bond acceptors (Lipinski definition) is 5. The first-order valence-corrected chi connectivity index (χ1v) is 14.4. The molecule has 1 N–H and O–H groups in total. The van der Waals surface area contributed by atoms with E-state index in [1.54, 1.807) is 35.1 Å². The van der Waals surface area contributed by atoms with Crippen molar-refractivity contribution in [3.8, 4) is 0 Å². The number of halogens is 5. The van der Waals surface area contributed by atoms with Crippen molar-refractivity contribution in [2.75, 3.05) is 51.3 Å². The van der Waals surface area contributed by atoms with Gasteiger partial charge in [0.15, 0.2) is 0 Å². The second-order valence-electron chi connectivity index (χ2n) is 10.5. The van der Waals surface area contributed by atoms with Crippen LogP contribution in [0.2, 0.25) is 10.0 Å². The van der Waals surface area contributed by atoms with Gasteiger partial charge in [0, 0.05) is 81.0 Å². The summed E-state index contributed by atoms with van der Waals surface area (Å²) >= 11 is 12.5. The fourth-order valence-corrected chi connectivity index (χ4v) is 5.87. The molecule has 2 aromatic carbocycles. The lowest BCUT2D eigenvalue weighted by atomic mass is 10.0. The average Bonchev–Trinajstić information content (AvgIpc) is 3.36. The van der Waals surface area contributed by atoms with Crippen molar-refractivity contribution in [3.63, 3.8) is 0 Å². The molecule has 224 valence electrons. The van der Waals surface area contributed by atoms with E-state index in [2.05, 4.69) is 5.32 Å². The van der Waals surface area contributed by atoms with Gasteiger partial charge in [-0.25, -0.2) is 0 Å². The monoisotopic (exact) mass is 614 g/mol. The summed E-state index contributed by atoms with van der Waals surface area (Å²) in [7, 11) is 1.59. The molecule has 7 nitrogen and oxygen atoms in total. The molecule has 2 aliphatic heterocycles. The maximum Gasteiger partial charge on any atom is 0.416 e. The number of likely N-dealkylation sites (tertiary alicyclic amines) is 1. The Balaban J connectivity index is 1.51. The maximum absolute atomic E-state index is 13.8. The summed E-state index contributed by atoms with van der Waals surface area (Å²) in [4.78, 5) is 31.7. The van der Waals surface area contributed by atoms with Crippen molar-refractivity contribution in [2.45, 2.75) is 51.0 Å². The van der Waals surface area contributed by atoms with Crippen molar-refractivity contribution in [1.82, 2.24) is 15.1 Å². The quantitative estimate of drug-likeness (QED) is 0.407. The Bertz CT molecular complexity index is 1240. The molecule has 2 aromatic rings. The van der Waals surface area contributed by atoms with Crippen LogP contribution in [-0.4, -0.2) is 80.1 Å². The van der Waals surface area contributed by atoms with E-state index in [-0.39, 0.29) is 24.3 Å². The molecule has 41 heavy (non-hydrogen) atoms. The summed E-state index contributed by atoms with van der Waals surface area (Å²) < 4.78 is 45.9. The van der Waals surface area contributed by atoms with Gasteiger partial charge in [0.25, 0.3) is 0 Å². The molecule has 2 amide bonds. The number of nitrogens with one attached hydrogen (secondary N) is 1. The number of nitrogens with zero attached hydrogens (tertiary/aromatic N) is 3. The zero-order valence-electron chi connectivity index (χ0n) is 23.1. The summed E-state index contributed by atoms with van der Waals surface area (Å²) in [5.74, 6) is -0.263. The predicted molar refractivity (Wildman–Crippen MR) is 153 cm³/mol. The van der Waals surface area contributed by atoms with E-state index in [0.717, 1.165) is 17.2 Å². The number of hydrogen-bond donors (Lipinski definition) is 1. The number of anilines is 1. The molecule has 2 saturated heterocycles. The van der Waals surface area contributed by atoms with E-state index in [4.69, 9.17) is 27.9 Å². The highest BCUT2D eigenvalue weighted by Gasteiger charge is 2.37. The molecule has 2 atom stereocenters.